The van der Waals surface area contributed by atoms with Crippen molar-refractivity contribution >= 4 is 5.97 Å². The van der Waals surface area contributed by atoms with Crippen LogP contribution < -0.4 is 0 Å². The second-order valence-electron chi connectivity index (χ2n) is 3.50. The number of carboxylic acid groups (broad SMARTS) is 1. The summed E-state index contributed by atoms with van der Waals surface area (Å²) >= 11 is 0. The zero-order valence-corrected chi connectivity index (χ0v) is 9.99. The molecule has 0 bridgehead atoms. The lowest BCUT2D eigenvalue weighted by atomic mass is 10.1. The average molecular weight is 226 g/mol. The first-order valence-electron chi connectivity index (χ1n) is 5.46. The topological polar surface area (TPSA) is 64.4 Å². The fraction of sp³-hybridized carbons (Fsp3) is 0.636. The van der Waals surface area contributed by atoms with Crippen LogP contribution in [0.1, 0.15) is 35.6 Å². The van der Waals surface area contributed by atoms with Crippen molar-refractivity contribution in [2.75, 3.05) is 13.7 Å². The number of methoxy groups -OCH3 is 1. The van der Waals surface area contributed by atoms with Gasteiger partial charge in [-0.25, -0.2) is 4.79 Å². The summed E-state index contributed by atoms with van der Waals surface area (Å²) in [6.07, 6.45) is 1.30. The largest absolute Gasteiger partial charge is 0.478 e. The number of aromatic nitrogens is 2. The third kappa shape index (κ3) is 2.41. The molecule has 0 saturated heterocycles. The number of rotatable bonds is 6. The Morgan fingerprint density at radius 1 is 1.44 bits per heavy atom. The first-order valence-corrected chi connectivity index (χ1v) is 5.46. The highest BCUT2D eigenvalue weighted by atomic mass is 16.5. The molecule has 0 fully saturated rings. The van der Waals surface area contributed by atoms with Crippen molar-refractivity contribution in [2.24, 2.45) is 0 Å². The van der Waals surface area contributed by atoms with Gasteiger partial charge in [-0.3, -0.25) is 4.68 Å². The summed E-state index contributed by atoms with van der Waals surface area (Å²) in [5, 5.41) is 13.5. The van der Waals surface area contributed by atoms with E-state index in [0.29, 0.717) is 37.3 Å². The Hall–Kier alpha value is -1.36. The molecular weight excluding hydrogens is 208 g/mol. The van der Waals surface area contributed by atoms with E-state index in [2.05, 4.69) is 5.10 Å². The zero-order valence-electron chi connectivity index (χ0n) is 9.99. The molecule has 5 nitrogen and oxygen atoms in total. The molecule has 1 aromatic rings. The van der Waals surface area contributed by atoms with E-state index in [9.17, 15) is 4.79 Å². The fourth-order valence-corrected chi connectivity index (χ4v) is 1.77. The van der Waals surface area contributed by atoms with Crippen LogP contribution in [0.25, 0.3) is 0 Å². The van der Waals surface area contributed by atoms with Gasteiger partial charge in [0.05, 0.1) is 24.5 Å². The van der Waals surface area contributed by atoms with Gasteiger partial charge in [-0.2, -0.15) is 5.10 Å². The number of aryl methyl sites for hydroxylation is 1. The van der Waals surface area contributed by atoms with Gasteiger partial charge >= 0.3 is 5.97 Å². The molecule has 0 radical (unpaired) electrons. The molecule has 1 rings (SSSR count). The van der Waals surface area contributed by atoms with Crippen LogP contribution >= 0.6 is 0 Å². The maximum absolute atomic E-state index is 11.2. The molecule has 0 atom stereocenters. The lowest BCUT2D eigenvalue weighted by molar-refractivity contribution is 0.0694. The van der Waals surface area contributed by atoms with Crippen molar-refractivity contribution in [3.05, 3.63) is 17.0 Å². The Bertz CT molecular complexity index is 372. The predicted molar refractivity (Wildman–Crippen MR) is 59.8 cm³/mol. The van der Waals surface area contributed by atoms with E-state index in [0.717, 1.165) is 5.69 Å². The zero-order chi connectivity index (χ0) is 12.1. The second-order valence-corrected chi connectivity index (χ2v) is 3.50. The molecule has 0 aliphatic heterocycles. The Kier molecular flexibility index (Phi) is 4.49. The molecular formula is C11H18N2O3. The summed E-state index contributed by atoms with van der Waals surface area (Å²) < 4.78 is 6.72. The quantitative estimate of drug-likeness (QED) is 0.795. The van der Waals surface area contributed by atoms with Gasteiger partial charge in [-0.1, -0.05) is 13.8 Å². The Balaban J connectivity index is 3.13. The number of ether oxygens (including phenoxy) is 1. The molecule has 0 unspecified atom stereocenters. The molecule has 1 heterocycles. The van der Waals surface area contributed by atoms with Gasteiger partial charge in [0.25, 0.3) is 0 Å². The molecule has 5 heteroatoms. The minimum Gasteiger partial charge on any atom is -0.478 e. The summed E-state index contributed by atoms with van der Waals surface area (Å²) in [5.74, 6) is -0.891. The SMILES string of the molecule is CCc1nn(CCOC)c(CC)c1C(=O)O. The van der Waals surface area contributed by atoms with E-state index in [1.54, 1.807) is 11.8 Å². The van der Waals surface area contributed by atoms with Crippen molar-refractivity contribution in [1.29, 1.82) is 0 Å². The molecule has 0 saturated carbocycles. The van der Waals surface area contributed by atoms with Gasteiger partial charge in [-0.05, 0) is 12.8 Å². The molecule has 0 aliphatic carbocycles. The summed E-state index contributed by atoms with van der Waals surface area (Å²) in [7, 11) is 1.62. The number of hydrogen-bond donors (Lipinski definition) is 1. The number of carboxylic acids is 1. The number of carbonyl (C=O) groups is 1. The normalized spacial score (nSPS) is 10.7. The Morgan fingerprint density at radius 2 is 2.12 bits per heavy atom. The summed E-state index contributed by atoms with van der Waals surface area (Å²) in [6, 6.07) is 0. The van der Waals surface area contributed by atoms with Gasteiger partial charge in [0.15, 0.2) is 0 Å². The minimum absolute atomic E-state index is 0.362. The van der Waals surface area contributed by atoms with E-state index in [-0.39, 0.29) is 0 Å². The summed E-state index contributed by atoms with van der Waals surface area (Å²) in [4.78, 5) is 11.2. The van der Waals surface area contributed by atoms with Crippen LogP contribution in [0.3, 0.4) is 0 Å². The smallest absolute Gasteiger partial charge is 0.339 e. The molecule has 16 heavy (non-hydrogen) atoms. The molecule has 1 N–H and O–H groups in total. The lowest BCUT2D eigenvalue weighted by Gasteiger charge is -2.05. The van der Waals surface area contributed by atoms with Gasteiger partial charge in [0.1, 0.15) is 5.56 Å². The molecule has 0 amide bonds. The van der Waals surface area contributed by atoms with E-state index in [4.69, 9.17) is 9.84 Å². The third-order valence-corrected chi connectivity index (χ3v) is 2.52. The van der Waals surface area contributed by atoms with Crippen LogP contribution in [0.15, 0.2) is 0 Å². The van der Waals surface area contributed by atoms with Crippen molar-refractivity contribution in [2.45, 2.75) is 33.2 Å². The molecule has 0 aliphatic rings. The van der Waals surface area contributed by atoms with Crippen LogP contribution in [-0.2, 0) is 24.1 Å². The minimum atomic E-state index is -0.891. The maximum Gasteiger partial charge on any atom is 0.339 e. The van der Waals surface area contributed by atoms with E-state index in [1.807, 2.05) is 13.8 Å². The van der Waals surface area contributed by atoms with Gasteiger partial charge < -0.3 is 9.84 Å². The van der Waals surface area contributed by atoms with E-state index in [1.165, 1.54) is 0 Å². The van der Waals surface area contributed by atoms with Gasteiger partial charge in [0.2, 0.25) is 0 Å². The fourth-order valence-electron chi connectivity index (χ4n) is 1.77. The molecule has 1 aromatic heterocycles. The van der Waals surface area contributed by atoms with Crippen LogP contribution in [0.2, 0.25) is 0 Å². The second kappa shape index (κ2) is 5.65. The number of aromatic carboxylic acids is 1. The lowest BCUT2D eigenvalue weighted by Crippen LogP contribution is -2.10. The van der Waals surface area contributed by atoms with E-state index >= 15 is 0 Å². The summed E-state index contributed by atoms with van der Waals surface area (Å²) in [6.45, 7) is 4.98. The predicted octanol–water partition coefficient (Wildman–Crippen LogP) is 1.35. The molecule has 0 aromatic carbocycles. The van der Waals surface area contributed by atoms with Crippen molar-refractivity contribution in [3.63, 3.8) is 0 Å². The van der Waals surface area contributed by atoms with Crippen molar-refractivity contribution in [1.82, 2.24) is 9.78 Å². The third-order valence-electron chi connectivity index (χ3n) is 2.52. The van der Waals surface area contributed by atoms with Gasteiger partial charge in [0, 0.05) is 7.11 Å². The van der Waals surface area contributed by atoms with Gasteiger partial charge in [-0.15, -0.1) is 0 Å². The molecule has 0 spiro atoms. The number of nitrogens with zero attached hydrogens (tertiary/aromatic N) is 2. The Morgan fingerprint density at radius 3 is 2.56 bits per heavy atom. The van der Waals surface area contributed by atoms with Crippen molar-refractivity contribution < 1.29 is 14.6 Å². The highest BCUT2D eigenvalue weighted by Gasteiger charge is 2.20. The van der Waals surface area contributed by atoms with Crippen LogP contribution in [0.4, 0.5) is 0 Å². The monoisotopic (exact) mass is 226 g/mol. The van der Waals surface area contributed by atoms with Crippen molar-refractivity contribution in [3.8, 4) is 0 Å². The maximum atomic E-state index is 11.2. The van der Waals surface area contributed by atoms with Crippen LogP contribution in [0.5, 0.6) is 0 Å². The highest BCUT2D eigenvalue weighted by molar-refractivity contribution is 5.90. The summed E-state index contributed by atoms with van der Waals surface area (Å²) in [5.41, 5.74) is 1.79. The number of hydrogen-bond acceptors (Lipinski definition) is 3. The first kappa shape index (κ1) is 12.7. The highest BCUT2D eigenvalue weighted by Crippen LogP contribution is 2.16. The average Bonchev–Trinajstić information content (AvgIpc) is 2.63. The standard InChI is InChI=1S/C11H18N2O3/c1-4-8-10(11(14)15)9(5-2)13(12-8)6-7-16-3/h4-7H2,1-3H3,(H,14,15). The first-order chi connectivity index (χ1) is 7.65. The molecule has 90 valence electrons. The van der Waals surface area contributed by atoms with Crippen LogP contribution in [-0.4, -0.2) is 34.6 Å². The van der Waals surface area contributed by atoms with E-state index < -0.39 is 5.97 Å². The Labute approximate surface area is 95.0 Å². The van der Waals surface area contributed by atoms with Crippen LogP contribution in [0, 0.1) is 0 Å².